The first kappa shape index (κ1) is 18.9. The average Bonchev–Trinajstić information content (AvgIpc) is 2.66. The highest BCUT2D eigenvalue weighted by Gasteiger charge is 2.19. The highest BCUT2D eigenvalue weighted by atomic mass is 35.5. The number of hydrogen-bond acceptors (Lipinski definition) is 4. The molecule has 1 N–H and O–H groups in total. The van der Waals surface area contributed by atoms with Crippen LogP contribution in [0.25, 0.3) is 0 Å². The number of carbonyl (C=O) groups is 1. The van der Waals surface area contributed by atoms with Crippen molar-refractivity contribution < 1.29 is 4.79 Å². The van der Waals surface area contributed by atoms with Crippen LogP contribution in [0.15, 0.2) is 54.6 Å². The third-order valence-electron chi connectivity index (χ3n) is 4.13. The van der Waals surface area contributed by atoms with Crippen LogP contribution in [-0.2, 0) is 0 Å². The number of benzene rings is 2. The van der Waals surface area contributed by atoms with E-state index in [-0.39, 0.29) is 5.91 Å². The Balaban J connectivity index is 1.90. The fourth-order valence-electron chi connectivity index (χ4n) is 2.72. The molecule has 3 aromatic rings. The van der Waals surface area contributed by atoms with Gasteiger partial charge in [0.15, 0.2) is 0 Å². The lowest BCUT2D eigenvalue weighted by Gasteiger charge is -2.21. The van der Waals surface area contributed by atoms with E-state index in [4.69, 9.17) is 11.6 Å². The summed E-state index contributed by atoms with van der Waals surface area (Å²) >= 11 is 6.18. The maximum atomic E-state index is 13.0. The van der Waals surface area contributed by atoms with Crippen molar-refractivity contribution in [1.29, 1.82) is 0 Å². The van der Waals surface area contributed by atoms with Gasteiger partial charge < -0.3 is 10.2 Å². The van der Waals surface area contributed by atoms with E-state index >= 15 is 0 Å². The first-order valence-corrected chi connectivity index (χ1v) is 9.11. The number of halogens is 1. The molecule has 1 heterocycles. The Hall–Kier alpha value is -2.92. The van der Waals surface area contributed by atoms with Gasteiger partial charge in [0, 0.05) is 28.6 Å². The number of anilines is 3. The monoisotopic (exact) mass is 380 g/mol. The molecule has 0 unspecified atom stereocenters. The Bertz CT molecular complexity index is 960. The van der Waals surface area contributed by atoms with Crippen LogP contribution in [0.1, 0.15) is 28.7 Å². The van der Waals surface area contributed by atoms with Gasteiger partial charge in [-0.1, -0.05) is 35.9 Å². The molecule has 138 valence electrons. The van der Waals surface area contributed by atoms with Gasteiger partial charge >= 0.3 is 0 Å². The van der Waals surface area contributed by atoms with Crippen molar-refractivity contribution in [1.82, 2.24) is 9.97 Å². The Morgan fingerprint density at radius 3 is 2.48 bits per heavy atom. The highest BCUT2D eigenvalue weighted by molar-refractivity contribution is 6.31. The Labute approximate surface area is 164 Å². The van der Waals surface area contributed by atoms with E-state index in [2.05, 4.69) is 15.3 Å². The molecule has 0 atom stereocenters. The largest absolute Gasteiger partial charge is 0.324 e. The van der Waals surface area contributed by atoms with Crippen molar-refractivity contribution in [2.45, 2.75) is 20.8 Å². The van der Waals surface area contributed by atoms with Crippen LogP contribution < -0.4 is 10.2 Å². The lowest BCUT2D eigenvalue weighted by atomic mass is 10.2. The van der Waals surface area contributed by atoms with Crippen LogP contribution >= 0.6 is 11.6 Å². The minimum Gasteiger partial charge on any atom is -0.324 e. The van der Waals surface area contributed by atoms with Crippen molar-refractivity contribution in [2.75, 3.05) is 16.8 Å². The minimum absolute atomic E-state index is 0.167. The van der Waals surface area contributed by atoms with Crippen LogP contribution in [-0.4, -0.2) is 22.4 Å². The topological polar surface area (TPSA) is 58.1 Å². The zero-order chi connectivity index (χ0) is 19.4. The zero-order valence-electron chi connectivity index (χ0n) is 15.5. The van der Waals surface area contributed by atoms with Gasteiger partial charge in [0.25, 0.3) is 5.91 Å². The number of aromatic nitrogens is 2. The van der Waals surface area contributed by atoms with Crippen LogP contribution in [0.4, 0.5) is 17.3 Å². The molecule has 1 amide bonds. The highest BCUT2D eigenvalue weighted by Crippen LogP contribution is 2.23. The molecule has 0 fully saturated rings. The molecule has 0 aliphatic rings. The number of aryl methyl sites for hydroxylation is 2. The average molecular weight is 381 g/mol. The van der Waals surface area contributed by atoms with E-state index in [1.165, 1.54) is 0 Å². The summed E-state index contributed by atoms with van der Waals surface area (Å²) in [5, 5.41) is 3.78. The normalized spacial score (nSPS) is 10.5. The van der Waals surface area contributed by atoms with Gasteiger partial charge in [-0.3, -0.25) is 4.79 Å². The fraction of sp³-hybridized carbons (Fsp3) is 0.190. The third kappa shape index (κ3) is 4.44. The van der Waals surface area contributed by atoms with Crippen LogP contribution in [0.2, 0.25) is 5.02 Å². The number of para-hydroxylation sites is 1. The van der Waals surface area contributed by atoms with Crippen molar-refractivity contribution in [3.8, 4) is 0 Å². The number of rotatable bonds is 5. The second kappa shape index (κ2) is 8.18. The van der Waals surface area contributed by atoms with Gasteiger partial charge in [-0.05, 0) is 56.7 Å². The lowest BCUT2D eigenvalue weighted by molar-refractivity contribution is 0.0983. The molecule has 27 heavy (non-hydrogen) atoms. The summed E-state index contributed by atoms with van der Waals surface area (Å²) in [4.78, 5) is 23.5. The molecule has 0 radical (unpaired) electrons. The summed E-state index contributed by atoms with van der Waals surface area (Å²) in [6, 6.07) is 16.9. The van der Waals surface area contributed by atoms with Crippen molar-refractivity contribution in [3.63, 3.8) is 0 Å². The van der Waals surface area contributed by atoms with Gasteiger partial charge in [0.2, 0.25) is 5.95 Å². The Morgan fingerprint density at radius 2 is 1.81 bits per heavy atom. The van der Waals surface area contributed by atoms with Crippen molar-refractivity contribution in [3.05, 3.63) is 76.6 Å². The van der Waals surface area contributed by atoms with Crippen LogP contribution in [0, 0.1) is 13.8 Å². The lowest BCUT2D eigenvalue weighted by Crippen LogP contribution is -2.31. The van der Waals surface area contributed by atoms with Crippen LogP contribution in [0.3, 0.4) is 0 Å². The molecule has 1 aromatic heterocycles. The molecule has 5 nitrogen and oxygen atoms in total. The first-order valence-electron chi connectivity index (χ1n) is 8.73. The first-order chi connectivity index (χ1) is 13.0. The number of amides is 1. The smallest absolute Gasteiger partial charge is 0.277 e. The molecule has 0 aliphatic heterocycles. The molecule has 0 saturated heterocycles. The number of hydrogen-bond donors (Lipinski definition) is 1. The summed E-state index contributed by atoms with van der Waals surface area (Å²) in [7, 11) is 0. The summed E-state index contributed by atoms with van der Waals surface area (Å²) < 4.78 is 0. The quantitative estimate of drug-likeness (QED) is 0.664. The molecule has 0 spiro atoms. The van der Waals surface area contributed by atoms with Gasteiger partial charge in [-0.25, -0.2) is 9.97 Å². The summed E-state index contributed by atoms with van der Waals surface area (Å²) in [6.07, 6.45) is 0. The zero-order valence-corrected chi connectivity index (χ0v) is 16.3. The van der Waals surface area contributed by atoms with Crippen molar-refractivity contribution in [2.24, 2.45) is 0 Å². The third-order valence-corrected chi connectivity index (χ3v) is 4.54. The summed E-state index contributed by atoms with van der Waals surface area (Å²) in [6.45, 7) is 6.26. The second-order valence-corrected chi connectivity index (χ2v) is 6.60. The molecule has 0 bridgehead atoms. The van der Waals surface area contributed by atoms with Crippen LogP contribution in [0.5, 0.6) is 0 Å². The molecule has 0 saturated carbocycles. The maximum Gasteiger partial charge on any atom is 0.277 e. The predicted molar refractivity (Wildman–Crippen MR) is 110 cm³/mol. The number of carbonyl (C=O) groups excluding carboxylic acids is 1. The summed E-state index contributed by atoms with van der Waals surface area (Å²) in [5.74, 6) is 0.196. The summed E-state index contributed by atoms with van der Waals surface area (Å²) in [5.41, 5.74) is 3.64. The molecule has 2 aromatic carbocycles. The molecule has 6 heteroatoms. The molecule has 0 aliphatic carbocycles. The van der Waals surface area contributed by atoms with E-state index in [0.717, 1.165) is 16.9 Å². The van der Waals surface area contributed by atoms with Gasteiger partial charge in [0.05, 0.1) is 0 Å². The SMILES string of the molecule is CCN(C(=O)c1cc(C)nc(Nc2ccc(C)c(Cl)c2)n1)c1ccccc1. The van der Waals surface area contributed by atoms with Gasteiger partial charge in [0.1, 0.15) is 5.69 Å². The standard InChI is InChI=1S/C21H21ClN4O/c1-4-26(17-8-6-5-7-9-17)20(27)19-12-15(3)23-21(25-19)24-16-11-10-14(2)18(22)13-16/h5-13H,4H2,1-3H3,(H,23,24,25). The predicted octanol–water partition coefficient (Wildman–Crippen LogP) is 5.16. The maximum absolute atomic E-state index is 13.0. The molecular weight excluding hydrogens is 360 g/mol. The molecular formula is C21H21ClN4O. The van der Waals surface area contributed by atoms with E-state index in [1.54, 1.807) is 11.0 Å². The van der Waals surface area contributed by atoms with Crippen molar-refractivity contribution >= 4 is 34.8 Å². The minimum atomic E-state index is -0.167. The number of nitrogens with one attached hydrogen (secondary N) is 1. The Kier molecular flexibility index (Phi) is 5.72. The Morgan fingerprint density at radius 1 is 1.07 bits per heavy atom. The van der Waals surface area contributed by atoms with E-state index in [1.807, 2.05) is 69.3 Å². The van der Waals surface area contributed by atoms with Gasteiger partial charge in [-0.15, -0.1) is 0 Å². The fourth-order valence-corrected chi connectivity index (χ4v) is 2.90. The van der Waals surface area contributed by atoms with Gasteiger partial charge in [-0.2, -0.15) is 0 Å². The van der Waals surface area contributed by atoms with E-state index < -0.39 is 0 Å². The second-order valence-electron chi connectivity index (χ2n) is 6.19. The molecule has 3 rings (SSSR count). The van der Waals surface area contributed by atoms with E-state index in [9.17, 15) is 4.79 Å². The number of nitrogens with zero attached hydrogens (tertiary/aromatic N) is 3. The van der Waals surface area contributed by atoms with E-state index in [0.29, 0.717) is 28.9 Å².